The van der Waals surface area contributed by atoms with Crippen molar-refractivity contribution in [2.24, 2.45) is 0 Å². The fourth-order valence-electron chi connectivity index (χ4n) is 2.40. The summed E-state index contributed by atoms with van der Waals surface area (Å²) in [6.07, 6.45) is 5.99. The molecule has 0 aromatic carbocycles. The van der Waals surface area contributed by atoms with Gasteiger partial charge in [-0.1, -0.05) is 6.42 Å². The molecule has 0 aliphatic heterocycles. The summed E-state index contributed by atoms with van der Waals surface area (Å²) in [5.74, 6) is 2.30. The van der Waals surface area contributed by atoms with E-state index in [1.54, 1.807) is 0 Å². The molecule has 2 rings (SSSR count). The number of aryl methyl sites for hydroxylation is 1. The van der Waals surface area contributed by atoms with E-state index in [2.05, 4.69) is 21.5 Å². The number of anilines is 1. The first-order valence-electron chi connectivity index (χ1n) is 6.50. The molecule has 2 unspecified atom stereocenters. The lowest BCUT2D eigenvalue weighted by Crippen LogP contribution is -2.26. The van der Waals surface area contributed by atoms with Crippen LogP contribution in [0.1, 0.15) is 32.0 Å². The van der Waals surface area contributed by atoms with Crippen molar-refractivity contribution in [1.29, 1.82) is 0 Å². The van der Waals surface area contributed by atoms with Crippen LogP contribution in [-0.2, 0) is 0 Å². The molecule has 1 heterocycles. The average molecular weight is 267 g/mol. The molecule has 1 N–H and O–H groups in total. The second kappa shape index (κ2) is 6.27. The van der Waals surface area contributed by atoms with E-state index in [0.29, 0.717) is 23.8 Å². The molecule has 0 amide bonds. The number of hydrogen-bond donors (Lipinski definition) is 1. The number of nitrogens with zero attached hydrogens (tertiary/aromatic N) is 2. The Hall–Kier alpha value is -0.970. The summed E-state index contributed by atoms with van der Waals surface area (Å²) >= 11 is 1.94. The van der Waals surface area contributed by atoms with E-state index in [1.165, 1.54) is 19.3 Å². The van der Waals surface area contributed by atoms with Crippen LogP contribution >= 0.6 is 11.8 Å². The summed E-state index contributed by atoms with van der Waals surface area (Å²) < 4.78 is 5.45. The van der Waals surface area contributed by atoms with Crippen LogP contribution in [0.4, 0.5) is 5.82 Å². The van der Waals surface area contributed by atoms with Gasteiger partial charge in [0.2, 0.25) is 5.88 Å². The van der Waals surface area contributed by atoms with Gasteiger partial charge in [-0.3, -0.25) is 0 Å². The van der Waals surface area contributed by atoms with Gasteiger partial charge < -0.3 is 10.1 Å². The first-order chi connectivity index (χ1) is 8.72. The van der Waals surface area contributed by atoms with Gasteiger partial charge in [-0.15, -0.1) is 0 Å². The number of aromatic nitrogens is 2. The molecule has 1 aliphatic rings. The smallest absolute Gasteiger partial charge is 0.218 e. The predicted molar refractivity (Wildman–Crippen MR) is 76.5 cm³/mol. The molecule has 1 aromatic rings. The number of thioether (sulfide) groups is 1. The third kappa shape index (κ3) is 3.28. The second-order valence-electron chi connectivity index (χ2n) is 4.53. The van der Waals surface area contributed by atoms with Crippen LogP contribution in [0.25, 0.3) is 0 Å². The highest BCUT2D eigenvalue weighted by Gasteiger charge is 2.26. The molecular formula is C13H21N3OS. The van der Waals surface area contributed by atoms with Gasteiger partial charge in [0.1, 0.15) is 11.6 Å². The Labute approximate surface area is 113 Å². The van der Waals surface area contributed by atoms with Gasteiger partial charge in [0.15, 0.2) is 0 Å². The minimum Gasteiger partial charge on any atom is -0.478 e. The van der Waals surface area contributed by atoms with E-state index in [9.17, 15) is 0 Å². The molecule has 0 radical (unpaired) electrons. The van der Waals surface area contributed by atoms with Gasteiger partial charge in [0, 0.05) is 17.4 Å². The molecule has 5 heteroatoms. The Morgan fingerprint density at radius 3 is 3.00 bits per heavy atom. The number of nitrogens with one attached hydrogen (secondary N) is 1. The Kier molecular flexibility index (Phi) is 4.69. The summed E-state index contributed by atoms with van der Waals surface area (Å²) in [4.78, 5) is 8.70. The summed E-state index contributed by atoms with van der Waals surface area (Å²) in [7, 11) is 0. The molecule has 1 fully saturated rings. The van der Waals surface area contributed by atoms with Gasteiger partial charge in [-0.05, 0) is 32.9 Å². The number of ether oxygens (including phenoxy) is 1. The third-order valence-corrected chi connectivity index (χ3v) is 4.36. The highest BCUT2D eigenvalue weighted by Crippen LogP contribution is 2.30. The molecule has 4 nitrogen and oxygen atoms in total. The molecule has 1 aliphatic carbocycles. The first kappa shape index (κ1) is 13.5. The lowest BCUT2D eigenvalue weighted by molar-refractivity contribution is 0.325. The topological polar surface area (TPSA) is 47.0 Å². The van der Waals surface area contributed by atoms with Crippen molar-refractivity contribution in [3.05, 3.63) is 11.9 Å². The van der Waals surface area contributed by atoms with Crippen LogP contribution in [0.15, 0.2) is 6.07 Å². The molecule has 1 aromatic heterocycles. The zero-order valence-electron chi connectivity index (χ0n) is 11.3. The Bertz CT molecular complexity index is 400. The van der Waals surface area contributed by atoms with E-state index >= 15 is 0 Å². The van der Waals surface area contributed by atoms with Crippen LogP contribution in [0.3, 0.4) is 0 Å². The summed E-state index contributed by atoms with van der Waals surface area (Å²) in [6, 6.07) is 2.41. The lowest BCUT2D eigenvalue weighted by Gasteiger charge is -2.20. The molecule has 0 spiro atoms. The van der Waals surface area contributed by atoms with Crippen LogP contribution in [0.2, 0.25) is 0 Å². The number of hydrogen-bond acceptors (Lipinski definition) is 5. The largest absolute Gasteiger partial charge is 0.478 e. The molecule has 2 atom stereocenters. The highest BCUT2D eigenvalue weighted by atomic mass is 32.2. The normalized spacial score (nSPS) is 23.1. The zero-order chi connectivity index (χ0) is 13.0. The first-order valence-corrected chi connectivity index (χ1v) is 7.79. The van der Waals surface area contributed by atoms with Crippen LogP contribution in [0.5, 0.6) is 5.88 Å². The van der Waals surface area contributed by atoms with Gasteiger partial charge >= 0.3 is 0 Å². The second-order valence-corrected chi connectivity index (χ2v) is 5.60. The van der Waals surface area contributed by atoms with Crippen LogP contribution in [-0.4, -0.2) is 34.1 Å². The van der Waals surface area contributed by atoms with Gasteiger partial charge in [-0.25, -0.2) is 4.98 Å². The Morgan fingerprint density at radius 1 is 1.44 bits per heavy atom. The predicted octanol–water partition coefficient (Wildman–Crippen LogP) is 2.88. The summed E-state index contributed by atoms with van der Waals surface area (Å²) in [5.41, 5.74) is 0. The van der Waals surface area contributed by atoms with Crippen molar-refractivity contribution in [2.75, 3.05) is 18.2 Å². The Morgan fingerprint density at radius 2 is 2.28 bits per heavy atom. The van der Waals surface area contributed by atoms with Crippen molar-refractivity contribution in [3.63, 3.8) is 0 Å². The lowest BCUT2D eigenvalue weighted by atomic mass is 10.2. The summed E-state index contributed by atoms with van der Waals surface area (Å²) in [5, 5.41) is 4.22. The maximum Gasteiger partial charge on any atom is 0.218 e. The Balaban J connectivity index is 2.08. The maximum atomic E-state index is 5.45. The van der Waals surface area contributed by atoms with E-state index in [4.69, 9.17) is 4.74 Å². The fourth-order valence-corrected chi connectivity index (χ4v) is 3.33. The summed E-state index contributed by atoms with van der Waals surface area (Å²) in [6.45, 7) is 4.49. The molecule has 18 heavy (non-hydrogen) atoms. The van der Waals surface area contributed by atoms with E-state index in [0.717, 1.165) is 11.6 Å². The van der Waals surface area contributed by atoms with E-state index in [-0.39, 0.29) is 0 Å². The van der Waals surface area contributed by atoms with Gasteiger partial charge in [0.05, 0.1) is 6.61 Å². The zero-order valence-corrected chi connectivity index (χ0v) is 12.1. The molecule has 0 bridgehead atoms. The standard InChI is InChI=1S/C13H21N3OS/c1-4-17-13-8-12(14-9(2)15-13)16-10-6-5-7-11(10)18-3/h8,10-11H,4-7H2,1-3H3,(H,14,15,16). The molecule has 100 valence electrons. The fraction of sp³-hybridized carbons (Fsp3) is 0.692. The quantitative estimate of drug-likeness (QED) is 0.889. The third-order valence-electron chi connectivity index (χ3n) is 3.20. The van der Waals surface area contributed by atoms with Crippen molar-refractivity contribution >= 4 is 17.6 Å². The molecule has 1 saturated carbocycles. The molecular weight excluding hydrogens is 246 g/mol. The average Bonchev–Trinajstić information content (AvgIpc) is 2.76. The van der Waals surface area contributed by atoms with Crippen LogP contribution in [0, 0.1) is 6.92 Å². The molecule has 0 saturated heterocycles. The van der Waals surface area contributed by atoms with Crippen molar-refractivity contribution < 1.29 is 4.74 Å². The SMILES string of the molecule is CCOc1cc(NC2CCCC2SC)nc(C)n1. The highest BCUT2D eigenvalue weighted by molar-refractivity contribution is 7.99. The minimum atomic E-state index is 0.517. The van der Waals surface area contributed by atoms with Crippen molar-refractivity contribution in [2.45, 2.75) is 44.4 Å². The monoisotopic (exact) mass is 267 g/mol. The van der Waals surface area contributed by atoms with Crippen LogP contribution < -0.4 is 10.1 Å². The van der Waals surface area contributed by atoms with E-state index < -0.39 is 0 Å². The maximum absolute atomic E-state index is 5.45. The number of rotatable bonds is 5. The van der Waals surface area contributed by atoms with Crippen molar-refractivity contribution in [3.8, 4) is 5.88 Å². The van der Waals surface area contributed by atoms with Gasteiger partial charge in [0.25, 0.3) is 0 Å². The van der Waals surface area contributed by atoms with E-state index in [1.807, 2.05) is 31.7 Å². The van der Waals surface area contributed by atoms with Crippen molar-refractivity contribution in [1.82, 2.24) is 9.97 Å². The minimum absolute atomic E-state index is 0.517. The van der Waals surface area contributed by atoms with Gasteiger partial charge in [-0.2, -0.15) is 16.7 Å².